The monoisotopic (exact) mass is 206 g/mol. The highest BCUT2D eigenvalue weighted by atomic mass is 15.1. The van der Waals surface area contributed by atoms with Gasteiger partial charge >= 0.3 is 0 Å². The van der Waals surface area contributed by atoms with E-state index in [1.165, 1.54) is 38.4 Å². The van der Waals surface area contributed by atoms with Crippen molar-refractivity contribution in [3.05, 3.63) is 11.3 Å². The van der Waals surface area contributed by atoms with Gasteiger partial charge in [-0.15, -0.1) is 0 Å². The third-order valence-corrected chi connectivity index (χ3v) is 4.62. The molecule has 0 unspecified atom stereocenters. The van der Waals surface area contributed by atoms with Crippen LogP contribution in [0.4, 0.5) is 0 Å². The van der Waals surface area contributed by atoms with Gasteiger partial charge in [0.1, 0.15) is 0 Å². The van der Waals surface area contributed by atoms with E-state index in [1.54, 1.807) is 5.57 Å². The van der Waals surface area contributed by atoms with E-state index in [-0.39, 0.29) is 0 Å². The molecule has 82 valence electrons. The van der Waals surface area contributed by atoms with Crippen LogP contribution in [0.25, 0.3) is 0 Å². The first kappa shape index (κ1) is 8.56. The van der Waals surface area contributed by atoms with Crippen molar-refractivity contribution in [2.24, 2.45) is 10.8 Å². The van der Waals surface area contributed by atoms with E-state index < -0.39 is 0 Å². The van der Waals surface area contributed by atoms with Gasteiger partial charge in [0.15, 0.2) is 0 Å². The summed E-state index contributed by atoms with van der Waals surface area (Å²) in [7, 11) is 0. The van der Waals surface area contributed by atoms with Gasteiger partial charge in [0, 0.05) is 62.3 Å². The summed E-state index contributed by atoms with van der Waals surface area (Å²) in [4.78, 5) is 0. The fourth-order valence-electron chi connectivity index (χ4n) is 3.78. The van der Waals surface area contributed by atoms with E-state index in [9.17, 15) is 0 Å². The molecule has 0 radical (unpaired) electrons. The minimum atomic E-state index is 0.444. The van der Waals surface area contributed by atoms with Crippen LogP contribution in [0.1, 0.15) is 0 Å². The summed E-state index contributed by atoms with van der Waals surface area (Å²) in [5.74, 6) is 0. The van der Waals surface area contributed by atoms with Gasteiger partial charge in [-0.3, -0.25) is 0 Å². The lowest BCUT2D eigenvalue weighted by atomic mass is 9.60. The lowest BCUT2D eigenvalue weighted by molar-refractivity contribution is 0.128. The van der Waals surface area contributed by atoms with E-state index in [0.717, 1.165) is 13.1 Å². The molecule has 0 atom stereocenters. The van der Waals surface area contributed by atoms with Crippen molar-refractivity contribution in [3.8, 4) is 0 Å². The molecule has 15 heavy (non-hydrogen) atoms. The Morgan fingerprint density at radius 1 is 0.733 bits per heavy atom. The molecule has 4 aliphatic heterocycles. The smallest absolute Gasteiger partial charge is 0.0361 e. The van der Waals surface area contributed by atoms with Crippen LogP contribution < -0.4 is 21.3 Å². The van der Waals surface area contributed by atoms with E-state index in [0.29, 0.717) is 10.8 Å². The largest absolute Gasteiger partial charge is 0.386 e. The van der Waals surface area contributed by atoms with Crippen molar-refractivity contribution < 1.29 is 0 Å². The summed E-state index contributed by atoms with van der Waals surface area (Å²) in [5.41, 5.74) is 4.18. The molecular weight excluding hydrogens is 188 g/mol. The highest BCUT2D eigenvalue weighted by Crippen LogP contribution is 2.50. The summed E-state index contributed by atoms with van der Waals surface area (Å²) in [6, 6.07) is 0. The van der Waals surface area contributed by atoms with Crippen molar-refractivity contribution in [2.45, 2.75) is 0 Å². The van der Waals surface area contributed by atoms with Crippen LogP contribution >= 0.6 is 0 Å². The van der Waals surface area contributed by atoms with Gasteiger partial charge in [0.05, 0.1) is 0 Å². The first-order valence-corrected chi connectivity index (χ1v) is 5.95. The highest BCUT2D eigenvalue weighted by molar-refractivity contribution is 5.42. The Kier molecular flexibility index (Phi) is 1.46. The van der Waals surface area contributed by atoms with Gasteiger partial charge in [-0.05, 0) is 5.57 Å². The lowest BCUT2D eigenvalue weighted by Gasteiger charge is -2.54. The first-order valence-electron chi connectivity index (χ1n) is 5.95. The van der Waals surface area contributed by atoms with Crippen LogP contribution in [0.5, 0.6) is 0 Å². The van der Waals surface area contributed by atoms with Crippen LogP contribution in [0.15, 0.2) is 11.3 Å². The van der Waals surface area contributed by atoms with Gasteiger partial charge in [0.25, 0.3) is 0 Å². The second-order valence-electron chi connectivity index (χ2n) is 5.58. The topological polar surface area (TPSA) is 48.1 Å². The Morgan fingerprint density at radius 3 is 1.93 bits per heavy atom. The molecule has 0 bridgehead atoms. The van der Waals surface area contributed by atoms with Gasteiger partial charge in [-0.1, -0.05) is 0 Å². The minimum absolute atomic E-state index is 0.444. The van der Waals surface area contributed by atoms with E-state index in [1.807, 2.05) is 0 Å². The third-order valence-electron chi connectivity index (χ3n) is 4.62. The number of fused-ring (bicyclic) bond motifs is 2. The molecule has 2 fully saturated rings. The van der Waals surface area contributed by atoms with E-state index in [2.05, 4.69) is 21.3 Å². The predicted molar refractivity (Wildman–Crippen MR) is 58.5 cm³/mol. The molecular formula is C11H18N4. The van der Waals surface area contributed by atoms with Crippen LogP contribution in [-0.2, 0) is 0 Å². The number of hydrogen-bond acceptors (Lipinski definition) is 4. The average molecular weight is 206 g/mol. The van der Waals surface area contributed by atoms with Crippen LogP contribution in [0.3, 0.4) is 0 Å². The molecule has 0 saturated carbocycles. The molecule has 0 aromatic rings. The van der Waals surface area contributed by atoms with E-state index in [4.69, 9.17) is 0 Å². The molecule has 4 aliphatic rings. The zero-order valence-corrected chi connectivity index (χ0v) is 8.95. The summed E-state index contributed by atoms with van der Waals surface area (Å²) < 4.78 is 0. The highest BCUT2D eigenvalue weighted by Gasteiger charge is 2.56. The maximum atomic E-state index is 3.62. The fraction of sp³-hybridized carbons (Fsp3) is 0.818. The summed E-state index contributed by atoms with van der Waals surface area (Å²) in [6.07, 6.45) is 0. The zero-order chi connectivity index (χ0) is 9.93. The van der Waals surface area contributed by atoms with Crippen LogP contribution in [0, 0.1) is 10.8 Å². The Hall–Kier alpha value is -0.580. The first-order chi connectivity index (χ1) is 7.35. The van der Waals surface area contributed by atoms with Gasteiger partial charge < -0.3 is 21.3 Å². The summed E-state index contributed by atoms with van der Waals surface area (Å²) >= 11 is 0. The Labute approximate surface area is 89.9 Å². The van der Waals surface area contributed by atoms with Gasteiger partial charge in [-0.25, -0.2) is 0 Å². The second-order valence-corrected chi connectivity index (χ2v) is 5.58. The number of nitrogens with one attached hydrogen (secondary N) is 4. The maximum absolute atomic E-state index is 3.62. The summed E-state index contributed by atoms with van der Waals surface area (Å²) in [6.45, 7) is 8.08. The average Bonchev–Trinajstić information content (AvgIpc) is 2.53. The second kappa shape index (κ2) is 2.56. The maximum Gasteiger partial charge on any atom is 0.0361 e. The Balaban J connectivity index is 1.80. The Morgan fingerprint density at radius 2 is 1.33 bits per heavy atom. The number of hydrogen-bond donors (Lipinski definition) is 4. The van der Waals surface area contributed by atoms with Crippen molar-refractivity contribution >= 4 is 0 Å². The molecule has 0 aromatic carbocycles. The standard InChI is InChI=1S/C11H18N4/c1-8-9(10(2-12-1)3-13-4-10)11(7-15-8)5-14-6-11/h12-15H,1-7H2. The molecule has 4 rings (SSSR count). The molecule has 0 amide bonds. The quantitative estimate of drug-likeness (QED) is 0.395. The molecule has 2 saturated heterocycles. The normalized spacial score (nSPS) is 34.7. The molecule has 4 heteroatoms. The van der Waals surface area contributed by atoms with Crippen molar-refractivity contribution in [2.75, 3.05) is 45.8 Å². The van der Waals surface area contributed by atoms with Gasteiger partial charge in [-0.2, -0.15) is 0 Å². The molecule has 4 nitrogen and oxygen atoms in total. The lowest BCUT2D eigenvalue weighted by Crippen LogP contribution is -2.67. The van der Waals surface area contributed by atoms with E-state index >= 15 is 0 Å². The SMILES string of the molecule is C1NCC2(CNC2)C2=C1NCC21CNC1. The van der Waals surface area contributed by atoms with Crippen molar-refractivity contribution in [3.63, 3.8) is 0 Å². The van der Waals surface area contributed by atoms with Crippen LogP contribution in [0.2, 0.25) is 0 Å². The molecule has 2 spiro atoms. The van der Waals surface area contributed by atoms with Gasteiger partial charge in [0.2, 0.25) is 0 Å². The van der Waals surface area contributed by atoms with Crippen molar-refractivity contribution in [1.29, 1.82) is 0 Å². The molecule has 4 N–H and O–H groups in total. The summed E-state index contributed by atoms with van der Waals surface area (Å²) in [5, 5.41) is 14.1. The molecule has 4 heterocycles. The van der Waals surface area contributed by atoms with Crippen molar-refractivity contribution in [1.82, 2.24) is 21.3 Å². The number of rotatable bonds is 0. The molecule has 0 aliphatic carbocycles. The van der Waals surface area contributed by atoms with Crippen LogP contribution in [-0.4, -0.2) is 45.8 Å². The third kappa shape index (κ3) is 0.887. The zero-order valence-electron chi connectivity index (χ0n) is 8.95. The minimum Gasteiger partial charge on any atom is -0.386 e. The molecule has 0 aromatic heterocycles. The fourth-order valence-corrected chi connectivity index (χ4v) is 3.78. The Bertz CT molecular complexity index is 338. The predicted octanol–water partition coefficient (Wildman–Crippen LogP) is -1.37.